The van der Waals surface area contributed by atoms with Crippen LogP contribution in [0.2, 0.25) is 0 Å². The molecule has 1 fully saturated rings. The Bertz CT molecular complexity index is 1160. The number of hydrogen-bond acceptors (Lipinski definition) is 7. The summed E-state index contributed by atoms with van der Waals surface area (Å²) in [6.45, 7) is 6.63. The van der Waals surface area contributed by atoms with Crippen LogP contribution in [0, 0.1) is 0 Å². The number of amides is 3. The van der Waals surface area contributed by atoms with E-state index >= 15 is 0 Å². The largest absolute Gasteiger partial charge is 0.378 e. The lowest BCUT2D eigenvalue weighted by Crippen LogP contribution is -2.36. The fourth-order valence-electron chi connectivity index (χ4n) is 3.34. The molecule has 4 rings (SSSR count). The predicted octanol–water partition coefficient (Wildman–Crippen LogP) is 3.83. The Kier molecular flexibility index (Phi) is 7.31. The van der Waals surface area contributed by atoms with E-state index in [1.54, 1.807) is 36.5 Å². The van der Waals surface area contributed by atoms with Crippen molar-refractivity contribution in [1.29, 1.82) is 0 Å². The lowest BCUT2D eigenvalue weighted by molar-refractivity contribution is -0.111. The first-order valence-corrected chi connectivity index (χ1v) is 10.7. The number of benzene rings is 2. The second-order valence-electron chi connectivity index (χ2n) is 7.39. The van der Waals surface area contributed by atoms with Gasteiger partial charge in [0.15, 0.2) is 0 Å². The maximum atomic E-state index is 12.4. The Hall–Kier alpha value is -4.44. The van der Waals surface area contributed by atoms with Gasteiger partial charge in [-0.05, 0) is 54.6 Å². The number of aromatic nitrogens is 2. The van der Waals surface area contributed by atoms with Crippen LogP contribution in [0.1, 0.15) is 0 Å². The van der Waals surface area contributed by atoms with E-state index in [0.29, 0.717) is 23.1 Å². The van der Waals surface area contributed by atoms with Crippen molar-refractivity contribution in [3.8, 4) is 0 Å². The number of carbonyl (C=O) groups excluding carboxylic acids is 2. The van der Waals surface area contributed by atoms with Crippen LogP contribution in [-0.2, 0) is 9.53 Å². The average Bonchev–Trinajstić information content (AvgIpc) is 2.85. The van der Waals surface area contributed by atoms with Crippen molar-refractivity contribution < 1.29 is 14.3 Å². The first kappa shape index (κ1) is 22.7. The molecule has 0 unspecified atom stereocenters. The zero-order valence-corrected chi connectivity index (χ0v) is 18.5. The molecule has 1 saturated heterocycles. The van der Waals surface area contributed by atoms with Crippen LogP contribution in [0.4, 0.5) is 39.3 Å². The molecule has 1 aromatic heterocycles. The quantitative estimate of drug-likeness (QED) is 0.396. The molecule has 3 aromatic rings. The topological polar surface area (TPSA) is 121 Å². The summed E-state index contributed by atoms with van der Waals surface area (Å²) in [7, 11) is 0. The van der Waals surface area contributed by atoms with E-state index in [1.165, 1.54) is 6.08 Å². The van der Waals surface area contributed by atoms with Crippen molar-refractivity contribution in [2.45, 2.75) is 0 Å². The fourth-order valence-corrected chi connectivity index (χ4v) is 3.34. The molecule has 174 valence electrons. The average molecular weight is 460 g/mol. The van der Waals surface area contributed by atoms with Crippen LogP contribution in [0.3, 0.4) is 0 Å². The molecule has 2 heterocycles. The molecule has 0 radical (unpaired) electrons. The number of nitrogens with one attached hydrogen (secondary N) is 4. The summed E-state index contributed by atoms with van der Waals surface area (Å²) in [6.07, 6.45) is 2.73. The van der Waals surface area contributed by atoms with Crippen molar-refractivity contribution in [3.05, 3.63) is 73.4 Å². The van der Waals surface area contributed by atoms with Crippen molar-refractivity contribution >= 4 is 46.5 Å². The van der Waals surface area contributed by atoms with Crippen molar-refractivity contribution in [2.75, 3.05) is 52.5 Å². The lowest BCUT2D eigenvalue weighted by atomic mass is 10.2. The molecule has 0 spiro atoms. The highest BCUT2D eigenvalue weighted by molar-refractivity contribution is 6.01. The Balaban J connectivity index is 1.34. The number of ether oxygens (including phenoxy) is 1. The molecule has 1 aliphatic rings. The Labute approximate surface area is 197 Å². The van der Waals surface area contributed by atoms with Gasteiger partial charge in [-0.15, -0.1) is 0 Å². The SMILES string of the molecule is C=CC(=O)Nc1cccc(NC(=O)Nc2ccnc(Nc3ccc(N4CCOCC4)cc3)n2)c1. The first-order valence-electron chi connectivity index (χ1n) is 10.7. The molecule has 4 N–H and O–H groups in total. The maximum Gasteiger partial charge on any atom is 0.324 e. The third kappa shape index (κ3) is 6.30. The zero-order chi connectivity index (χ0) is 23.8. The second-order valence-corrected chi connectivity index (χ2v) is 7.39. The monoisotopic (exact) mass is 459 g/mol. The van der Waals surface area contributed by atoms with Gasteiger partial charge >= 0.3 is 6.03 Å². The van der Waals surface area contributed by atoms with Gasteiger partial charge in [-0.25, -0.2) is 9.78 Å². The van der Waals surface area contributed by atoms with Crippen LogP contribution >= 0.6 is 0 Å². The summed E-state index contributed by atoms with van der Waals surface area (Å²) in [6, 6.07) is 15.9. The van der Waals surface area contributed by atoms with Crippen molar-refractivity contribution in [3.63, 3.8) is 0 Å². The molecular weight excluding hydrogens is 434 g/mol. The number of nitrogens with zero attached hydrogens (tertiary/aromatic N) is 3. The van der Waals surface area contributed by atoms with Gasteiger partial charge in [-0.1, -0.05) is 12.6 Å². The van der Waals surface area contributed by atoms with E-state index in [0.717, 1.165) is 37.7 Å². The van der Waals surface area contributed by atoms with E-state index < -0.39 is 6.03 Å². The highest BCUT2D eigenvalue weighted by Gasteiger charge is 2.11. The molecule has 10 nitrogen and oxygen atoms in total. The van der Waals surface area contributed by atoms with Gasteiger partial charge < -0.3 is 25.6 Å². The van der Waals surface area contributed by atoms with Crippen LogP contribution in [0.5, 0.6) is 0 Å². The van der Waals surface area contributed by atoms with E-state index in [1.807, 2.05) is 24.3 Å². The highest BCUT2D eigenvalue weighted by atomic mass is 16.5. The molecule has 1 aliphatic heterocycles. The van der Waals surface area contributed by atoms with E-state index in [9.17, 15) is 9.59 Å². The van der Waals surface area contributed by atoms with Gasteiger partial charge in [0.25, 0.3) is 0 Å². The van der Waals surface area contributed by atoms with Gasteiger partial charge in [0.2, 0.25) is 11.9 Å². The van der Waals surface area contributed by atoms with Crippen LogP contribution in [0.15, 0.2) is 73.4 Å². The number of carbonyl (C=O) groups is 2. The minimum atomic E-state index is -0.480. The number of rotatable bonds is 7. The summed E-state index contributed by atoms with van der Waals surface area (Å²) in [5, 5.41) is 11.2. The Morgan fingerprint density at radius 2 is 1.68 bits per heavy atom. The summed E-state index contributed by atoms with van der Waals surface area (Å²) in [5.41, 5.74) is 3.01. The number of anilines is 6. The summed E-state index contributed by atoms with van der Waals surface area (Å²) >= 11 is 0. The van der Waals surface area contributed by atoms with Crippen LogP contribution < -0.4 is 26.2 Å². The molecule has 2 aromatic carbocycles. The summed E-state index contributed by atoms with van der Waals surface area (Å²) in [5.74, 6) is 0.348. The Morgan fingerprint density at radius 1 is 0.941 bits per heavy atom. The van der Waals surface area contributed by atoms with Gasteiger partial charge in [-0.2, -0.15) is 4.98 Å². The molecule has 0 atom stereocenters. The van der Waals surface area contributed by atoms with Gasteiger partial charge in [0.05, 0.1) is 13.2 Å². The summed E-state index contributed by atoms with van der Waals surface area (Å²) < 4.78 is 5.40. The van der Waals surface area contributed by atoms with Gasteiger partial charge in [0.1, 0.15) is 5.82 Å². The number of urea groups is 1. The first-order chi connectivity index (χ1) is 16.6. The smallest absolute Gasteiger partial charge is 0.324 e. The third-order valence-electron chi connectivity index (χ3n) is 4.97. The maximum absolute atomic E-state index is 12.4. The standard InChI is InChI=1S/C24H25N7O3/c1-2-22(32)26-18-4-3-5-19(16-18)28-24(33)30-21-10-11-25-23(29-21)27-17-6-8-20(9-7-17)31-12-14-34-15-13-31/h2-11,16H,1,12-15H2,(H,26,32)(H3,25,27,28,29,30,33). The van der Waals surface area contributed by atoms with Crippen molar-refractivity contribution in [1.82, 2.24) is 9.97 Å². The molecule has 34 heavy (non-hydrogen) atoms. The molecule has 10 heteroatoms. The normalized spacial score (nSPS) is 13.0. The molecule has 0 saturated carbocycles. The highest BCUT2D eigenvalue weighted by Crippen LogP contribution is 2.21. The fraction of sp³-hybridized carbons (Fsp3) is 0.167. The minimum absolute atomic E-state index is 0.330. The molecule has 3 amide bonds. The van der Waals surface area contributed by atoms with Gasteiger partial charge in [-0.3, -0.25) is 10.1 Å². The minimum Gasteiger partial charge on any atom is -0.378 e. The molecular formula is C24H25N7O3. The third-order valence-corrected chi connectivity index (χ3v) is 4.97. The molecule has 0 aliphatic carbocycles. The summed E-state index contributed by atoms with van der Waals surface area (Å²) in [4.78, 5) is 34.7. The van der Waals surface area contributed by atoms with Gasteiger partial charge in [0, 0.05) is 42.0 Å². The van der Waals surface area contributed by atoms with Crippen LogP contribution in [-0.4, -0.2) is 48.2 Å². The van der Waals surface area contributed by atoms with E-state index in [2.05, 4.69) is 42.7 Å². The molecule has 0 bridgehead atoms. The van der Waals surface area contributed by atoms with E-state index in [-0.39, 0.29) is 5.91 Å². The Morgan fingerprint density at radius 3 is 2.41 bits per heavy atom. The zero-order valence-electron chi connectivity index (χ0n) is 18.5. The predicted molar refractivity (Wildman–Crippen MR) is 133 cm³/mol. The van der Waals surface area contributed by atoms with Crippen LogP contribution in [0.25, 0.3) is 0 Å². The lowest BCUT2D eigenvalue weighted by Gasteiger charge is -2.28. The number of hydrogen-bond donors (Lipinski definition) is 4. The number of morpholine rings is 1. The van der Waals surface area contributed by atoms with E-state index in [4.69, 9.17) is 4.74 Å². The second kappa shape index (κ2) is 10.9. The van der Waals surface area contributed by atoms with Crippen molar-refractivity contribution in [2.24, 2.45) is 0 Å².